The van der Waals surface area contributed by atoms with Gasteiger partial charge in [0.05, 0.1) is 4.90 Å². The quantitative estimate of drug-likeness (QED) is 0.850. The molecule has 0 bridgehead atoms. The summed E-state index contributed by atoms with van der Waals surface area (Å²) in [6.07, 6.45) is 1.67. The number of rotatable bonds is 6. The Balaban J connectivity index is 2.05. The number of hydrogen-bond donors (Lipinski definition) is 2. The summed E-state index contributed by atoms with van der Waals surface area (Å²) < 4.78 is 27.0. The molecule has 2 aromatic rings. The van der Waals surface area contributed by atoms with Crippen LogP contribution < -0.4 is 10.0 Å². The van der Waals surface area contributed by atoms with Crippen molar-refractivity contribution in [3.63, 3.8) is 0 Å². The number of benzene rings is 1. The first-order valence-electron chi connectivity index (χ1n) is 6.66. The van der Waals surface area contributed by atoms with Gasteiger partial charge in [-0.3, -0.25) is 4.98 Å². The van der Waals surface area contributed by atoms with Crippen LogP contribution in [-0.4, -0.2) is 20.4 Å². The first-order valence-corrected chi connectivity index (χ1v) is 8.14. The van der Waals surface area contributed by atoms with Gasteiger partial charge in [0.2, 0.25) is 10.0 Å². The van der Waals surface area contributed by atoms with E-state index in [9.17, 15) is 8.42 Å². The highest BCUT2D eigenvalue weighted by Crippen LogP contribution is 2.11. The lowest BCUT2D eigenvalue weighted by molar-refractivity contribution is 0.581. The van der Waals surface area contributed by atoms with Crippen LogP contribution >= 0.6 is 0 Å². The van der Waals surface area contributed by atoms with E-state index in [0.717, 1.165) is 16.8 Å². The van der Waals surface area contributed by atoms with E-state index in [0.29, 0.717) is 6.54 Å². The topological polar surface area (TPSA) is 71.1 Å². The zero-order chi connectivity index (χ0) is 15.3. The number of aryl methyl sites for hydroxylation is 1. The highest BCUT2D eigenvalue weighted by molar-refractivity contribution is 7.89. The third-order valence-corrected chi connectivity index (χ3v) is 4.47. The maximum atomic E-state index is 12.2. The Morgan fingerprint density at radius 1 is 1.00 bits per heavy atom. The molecule has 0 aliphatic carbocycles. The molecule has 0 fully saturated rings. The summed E-state index contributed by atoms with van der Waals surface area (Å²) in [7, 11) is -1.65. The number of hydrogen-bond acceptors (Lipinski definition) is 4. The fourth-order valence-electron chi connectivity index (χ4n) is 1.86. The number of nitrogens with zero attached hydrogens (tertiary/aromatic N) is 1. The van der Waals surface area contributed by atoms with Crippen molar-refractivity contribution in [3.05, 3.63) is 59.4 Å². The first kappa shape index (κ1) is 15.6. The summed E-state index contributed by atoms with van der Waals surface area (Å²) in [5.41, 5.74) is 2.77. The summed E-state index contributed by atoms with van der Waals surface area (Å²) in [4.78, 5) is 4.41. The predicted molar refractivity (Wildman–Crippen MR) is 82.2 cm³/mol. The van der Waals surface area contributed by atoms with E-state index in [-0.39, 0.29) is 11.4 Å². The van der Waals surface area contributed by atoms with Crippen molar-refractivity contribution in [1.29, 1.82) is 0 Å². The lowest BCUT2D eigenvalue weighted by atomic mass is 10.2. The van der Waals surface area contributed by atoms with E-state index in [2.05, 4.69) is 15.0 Å². The lowest BCUT2D eigenvalue weighted by Gasteiger charge is -2.08. The van der Waals surface area contributed by atoms with E-state index in [1.165, 1.54) is 0 Å². The van der Waals surface area contributed by atoms with Crippen LogP contribution in [0, 0.1) is 6.92 Å². The Labute approximate surface area is 125 Å². The molecule has 2 N–H and O–H groups in total. The monoisotopic (exact) mass is 305 g/mol. The van der Waals surface area contributed by atoms with Gasteiger partial charge in [-0.25, -0.2) is 13.1 Å². The third kappa shape index (κ3) is 4.35. The van der Waals surface area contributed by atoms with Crippen LogP contribution in [0.25, 0.3) is 0 Å². The molecule has 0 radical (unpaired) electrons. The SMILES string of the molecule is CNCc1ccc(S(=O)(=O)NCc2ccc(C)nc2)cc1. The van der Waals surface area contributed by atoms with Crippen LogP contribution in [0.4, 0.5) is 0 Å². The van der Waals surface area contributed by atoms with Crippen molar-refractivity contribution in [2.45, 2.75) is 24.9 Å². The van der Waals surface area contributed by atoms with Crippen molar-refractivity contribution in [2.24, 2.45) is 0 Å². The zero-order valence-corrected chi connectivity index (χ0v) is 12.9. The van der Waals surface area contributed by atoms with Crippen LogP contribution in [0.5, 0.6) is 0 Å². The number of sulfonamides is 1. The maximum Gasteiger partial charge on any atom is 0.240 e. The van der Waals surface area contributed by atoms with E-state index in [4.69, 9.17) is 0 Å². The molecular formula is C15H19N3O2S. The summed E-state index contributed by atoms with van der Waals surface area (Å²) in [5.74, 6) is 0. The second-order valence-electron chi connectivity index (χ2n) is 4.81. The van der Waals surface area contributed by atoms with Gasteiger partial charge < -0.3 is 5.32 Å². The molecule has 0 atom stereocenters. The molecule has 1 heterocycles. The van der Waals surface area contributed by atoms with E-state index >= 15 is 0 Å². The van der Waals surface area contributed by atoms with Crippen LogP contribution in [0.15, 0.2) is 47.5 Å². The highest BCUT2D eigenvalue weighted by Gasteiger charge is 2.13. The van der Waals surface area contributed by atoms with Crippen LogP contribution in [-0.2, 0) is 23.1 Å². The van der Waals surface area contributed by atoms with Gasteiger partial charge in [0.1, 0.15) is 0 Å². The molecule has 112 valence electrons. The molecule has 6 heteroatoms. The lowest BCUT2D eigenvalue weighted by Crippen LogP contribution is -2.23. The molecule has 0 spiro atoms. The zero-order valence-electron chi connectivity index (χ0n) is 12.1. The largest absolute Gasteiger partial charge is 0.316 e. The second-order valence-corrected chi connectivity index (χ2v) is 6.57. The third-order valence-electron chi connectivity index (χ3n) is 3.05. The molecule has 0 aliphatic heterocycles. The minimum absolute atomic E-state index is 0.230. The fourth-order valence-corrected chi connectivity index (χ4v) is 2.87. The molecule has 0 aliphatic rings. The molecule has 0 saturated carbocycles. The summed E-state index contributed by atoms with van der Waals surface area (Å²) in [6, 6.07) is 10.6. The van der Waals surface area contributed by atoms with Crippen molar-refractivity contribution < 1.29 is 8.42 Å². The minimum atomic E-state index is -3.50. The van der Waals surface area contributed by atoms with Crippen LogP contribution in [0.2, 0.25) is 0 Å². The molecule has 0 unspecified atom stereocenters. The molecule has 21 heavy (non-hydrogen) atoms. The summed E-state index contributed by atoms with van der Waals surface area (Å²) >= 11 is 0. The van der Waals surface area contributed by atoms with Crippen molar-refractivity contribution in [2.75, 3.05) is 7.05 Å². The molecule has 2 rings (SSSR count). The van der Waals surface area contributed by atoms with Crippen LogP contribution in [0.3, 0.4) is 0 Å². The molecule has 1 aromatic heterocycles. The molecule has 0 amide bonds. The summed E-state index contributed by atoms with van der Waals surface area (Å²) in [6.45, 7) is 2.83. The van der Waals surface area contributed by atoms with Crippen molar-refractivity contribution in [3.8, 4) is 0 Å². The van der Waals surface area contributed by atoms with Gasteiger partial charge in [0, 0.05) is 25.0 Å². The minimum Gasteiger partial charge on any atom is -0.316 e. The number of aromatic nitrogens is 1. The van der Waals surface area contributed by atoms with Gasteiger partial charge in [0.15, 0.2) is 0 Å². The maximum absolute atomic E-state index is 12.2. The Morgan fingerprint density at radius 3 is 2.24 bits per heavy atom. The molecule has 5 nitrogen and oxygen atoms in total. The van der Waals surface area contributed by atoms with E-state index in [1.807, 2.05) is 26.1 Å². The van der Waals surface area contributed by atoms with Gasteiger partial charge >= 0.3 is 0 Å². The van der Waals surface area contributed by atoms with E-state index in [1.54, 1.807) is 30.5 Å². The first-order chi connectivity index (χ1) is 10.0. The van der Waals surface area contributed by atoms with Crippen LogP contribution in [0.1, 0.15) is 16.8 Å². The Hall–Kier alpha value is -1.76. The normalized spacial score (nSPS) is 11.5. The van der Waals surface area contributed by atoms with E-state index < -0.39 is 10.0 Å². The predicted octanol–water partition coefficient (Wildman–Crippen LogP) is 1.59. The van der Waals surface area contributed by atoms with Gasteiger partial charge in [-0.15, -0.1) is 0 Å². The van der Waals surface area contributed by atoms with Gasteiger partial charge in [-0.1, -0.05) is 18.2 Å². The average Bonchev–Trinajstić information content (AvgIpc) is 2.48. The van der Waals surface area contributed by atoms with Gasteiger partial charge in [0.25, 0.3) is 0 Å². The van der Waals surface area contributed by atoms with Crippen molar-refractivity contribution in [1.82, 2.24) is 15.0 Å². The fraction of sp³-hybridized carbons (Fsp3) is 0.267. The Morgan fingerprint density at radius 2 is 1.67 bits per heavy atom. The molecular weight excluding hydrogens is 286 g/mol. The highest BCUT2D eigenvalue weighted by atomic mass is 32.2. The van der Waals surface area contributed by atoms with Gasteiger partial charge in [-0.2, -0.15) is 0 Å². The smallest absolute Gasteiger partial charge is 0.240 e. The number of nitrogens with one attached hydrogen (secondary N) is 2. The summed E-state index contributed by atoms with van der Waals surface area (Å²) in [5, 5.41) is 3.02. The standard InChI is InChI=1S/C15H19N3O2S/c1-12-3-4-14(10-17-12)11-18-21(19,20)15-7-5-13(6-8-15)9-16-2/h3-8,10,16,18H,9,11H2,1-2H3. The van der Waals surface area contributed by atoms with Gasteiger partial charge in [-0.05, 0) is 43.3 Å². The molecule has 1 aromatic carbocycles. The Bertz CT molecular complexity index is 680. The Kier molecular flexibility index (Phi) is 5.06. The number of pyridine rings is 1. The average molecular weight is 305 g/mol. The molecule has 0 saturated heterocycles. The van der Waals surface area contributed by atoms with Crippen molar-refractivity contribution >= 4 is 10.0 Å². The second kappa shape index (κ2) is 6.80.